The lowest BCUT2D eigenvalue weighted by Crippen LogP contribution is -2.33. The minimum absolute atomic E-state index is 0.188. The molecule has 2 aliphatic rings. The molecule has 1 N–H and O–H groups in total. The summed E-state index contributed by atoms with van der Waals surface area (Å²) in [7, 11) is 0. The Kier molecular flexibility index (Phi) is 6.60. The average molecular weight is 333 g/mol. The van der Waals surface area contributed by atoms with E-state index < -0.39 is 0 Å². The molecule has 3 heterocycles. The van der Waals surface area contributed by atoms with Gasteiger partial charge in [-0.05, 0) is 42.7 Å². The van der Waals surface area contributed by atoms with Crippen molar-refractivity contribution in [3.05, 3.63) is 40.1 Å². The van der Waals surface area contributed by atoms with Crippen molar-refractivity contribution in [2.45, 2.75) is 27.7 Å². The molecule has 0 aliphatic carbocycles. The summed E-state index contributed by atoms with van der Waals surface area (Å²) < 4.78 is 0. The lowest BCUT2D eigenvalue weighted by atomic mass is 10.0. The number of fused-ring (bicyclic) bond motifs is 1. The molecule has 0 saturated carbocycles. The topological polar surface area (TPSA) is 32.3 Å². The standard InChI is InChI=1S/C17H22N2OS.C2H6/c1-3-14(16-6-5-7-21-16)15(4-2)17(20)19-10-12-8-18-9-13(12)11-19;1-2/h3-7,12-13,18H,8-11H2,1-2H3;1-2H3/b14-3+,15-4+;. The number of hydrogen-bond donors (Lipinski definition) is 1. The van der Waals surface area contributed by atoms with Crippen LogP contribution in [0.3, 0.4) is 0 Å². The number of nitrogens with zero attached hydrogens (tertiary/aromatic N) is 1. The monoisotopic (exact) mass is 332 g/mol. The molecular formula is C19H28N2OS. The Morgan fingerprint density at radius 3 is 2.35 bits per heavy atom. The number of allylic oxidation sites excluding steroid dienone is 2. The van der Waals surface area contributed by atoms with Gasteiger partial charge in [0.1, 0.15) is 0 Å². The van der Waals surface area contributed by atoms with Crippen LogP contribution in [0.4, 0.5) is 0 Å². The van der Waals surface area contributed by atoms with E-state index >= 15 is 0 Å². The molecule has 0 radical (unpaired) electrons. The van der Waals surface area contributed by atoms with Gasteiger partial charge in [-0.1, -0.05) is 32.1 Å². The van der Waals surface area contributed by atoms with E-state index in [0.717, 1.165) is 37.3 Å². The van der Waals surface area contributed by atoms with Gasteiger partial charge in [0, 0.05) is 36.6 Å². The van der Waals surface area contributed by atoms with Crippen molar-refractivity contribution in [1.82, 2.24) is 10.2 Å². The molecule has 0 bridgehead atoms. The Morgan fingerprint density at radius 2 is 1.87 bits per heavy atom. The second-order valence-electron chi connectivity index (χ2n) is 5.77. The SMILES string of the molecule is C/C=C(C(=O)N1CC2CNCC2C1)\C(=C/C)c1cccs1.CC. The molecular weight excluding hydrogens is 304 g/mol. The van der Waals surface area contributed by atoms with Crippen molar-refractivity contribution in [2.24, 2.45) is 11.8 Å². The number of thiophene rings is 1. The van der Waals surface area contributed by atoms with Crippen LogP contribution in [0.1, 0.15) is 32.6 Å². The summed E-state index contributed by atoms with van der Waals surface area (Å²) in [4.78, 5) is 16.1. The number of nitrogens with one attached hydrogen (secondary N) is 1. The van der Waals surface area contributed by atoms with Gasteiger partial charge in [-0.3, -0.25) is 4.79 Å². The predicted octanol–water partition coefficient (Wildman–Crippen LogP) is 3.80. The molecule has 2 atom stereocenters. The van der Waals surface area contributed by atoms with Gasteiger partial charge in [0.05, 0.1) is 0 Å². The summed E-state index contributed by atoms with van der Waals surface area (Å²) in [5, 5.41) is 5.48. The van der Waals surface area contributed by atoms with E-state index in [4.69, 9.17) is 0 Å². The summed E-state index contributed by atoms with van der Waals surface area (Å²) >= 11 is 1.69. The molecule has 3 nitrogen and oxygen atoms in total. The van der Waals surface area contributed by atoms with Crippen LogP contribution in [0.5, 0.6) is 0 Å². The number of carbonyl (C=O) groups is 1. The Bertz CT molecular complexity index is 562. The molecule has 1 aromatic heterocycles. The highest BCUT2D eigenvalue weighted by Crippen LogP contribution is 2.32. The molecule has 0 aromatic carbocycles. The van der Waals surface area contributed by atoms with Crippen LogP contribution >= 0.6 is 11.3 Å². The number of carbonyl (C=O) groups excluding carboxylic acids is 1. The minimum atomic E-state index is 0.188. The lowest BCUT2D eigenvalue weighted by molar-refractivity contribution is -0.125. The van der Waals surface area contributed by atoms with E-state index in [2.05, 4.69) is 22.8 Å². The zero-order chi connectivity index (χ0) is 16.8. The molecule has 4 heteroatoms. The summed E-state index contributed by atoms with van der Waals surface area (Å²) in [5.74, 6) is 1.47. The van der Waals surface area contributed by atoms with Crippen LogP contribution in [-0.4, -0.2) is 37.0 Å². The van der Waals surface area contributed by atoms with Crippen LogP contribution in [0.2, 0.25) is 0 Å². The van der Waals surface area contributed by atoms with Crippen molar-refractivity contribution >= 4 is 22.8 Å². The Morgan fingerprint density at radius 1 is 1.22 bits per heavy atom. The molecule has 126 valence electrons. The minimum Gasteiger partial charge on any atom is -0.338 e. The first kappa shape index (κ1) is 18.0. The third-order valence-corrected chi connectivity index (χ3v) is 5.46. The van der Waals surface area contributed by atoms with Crippen molar-refractivity contribution in [1.29, 1.82) is 0 Å². The number of amides is 1. The van der Waals surface area contributed by atoms with Crippen molar-refractivity contribution in [2.75, 3.05) is 26.2 Å². The Labute approximate surface area is 144 Å². The first-order chi connectivity index (χ1) is 11.2. The lowest BCUT2D eigenvalue weighted by Gasteiger charge is -2.20. The van der Waals surface area contributed by atoms with Crippen molar-refractivity contribution in [3.63, 3.8) is 0 Å². The summed E-state index contributed by atoms with van der Waals surface area (Å²) in [6.07, 6.45) is 4.02. The Hall–Kier alpha value is -1.39. The third-order valence-electron chi connectivity index (χ3n) is 4.56. The van der Waals surface area contributed by atoms with Crippen LogP contribution in [-0.2, 0) is 4.79 Å². The smallest absolute Gasteiger partial charge is 0.254 e. The first-order valence-electron chi connectivity index (χ1n) is 8.61. The van der Waals surface area contributed by atoms with E-state index in [-0.39, 0.29) is 5.91 Å². The largest absolute Gasteiger partial charge is 0.338 e. The van der Waals surface area contributed by atoms with Gasteiger partial charge < -0.3 is 10.2 Å². The normalized spacial score (nSPS) is 24.3. The highest BCUT2D eigenvalue weighted by molar-refractivity contribution is 7.11. The number of rotatable bonds is 3. The van der Waals surface area contributed by atoms with E-state index in [1.807, 2.05) is 44.7 Å². The molecule has 2 unspecified atom stereocenters. The molecule has 1 amide bonds. The molecule has 2 fully saturated rings. The van der Waals surface area contributed by atoms with E-state index in [1.165, 1.54) is 4.88 Å². The molecule has 0 spiro atoms. The highest BCUT2D eigenvalue weighted by Gasteiger charge is 2.38. The fourth-order valence-electron chi connectivity index (χ4n) is 3.45. The van der Waals surface area contributed by atoms with Crippen LogP contribution in [0, 0.1) is 11.8 Å². The predicted molar refractivity (Wildman–Crippen MR) is 99.5 cm³/mol. The molecule has 23 heavy (non-hydrogen) atoms. The van der Waals surface area contributed by atoms with Gasteiger partial charge in [-0.15, -0.1) is 11.3 Å². The zero-order valence-electron chi connectivity index (χ0n) is 14.6. The fraction of sp³-hybridized carbons (Fsp3) is 0.526. The first-order valence-corrected chi connectivity index (χ1v) is 9.49. The number of hydrogen-bond acceptors (Lipinski definition) is 3. The Balaban J connectivity index is 0.000000924. The van der Waals surface area contributed by atoms with E-state index in [0.29, 0.717) is 11.8 Å². The van der Waals surface area contributed by atoms with Crippen molar-refractivity contribution in [3.8, 4) is 0 Å². The van der Waals surface area contributed by atoms with E-state index in [1.54, 1.807) is 11.3 Å². The quantitative estimate of drug-likeness (QED) is 0.674. The highest BCUT2D eigenvalue weighted by atomic mass is 32.1. The number of likely N-dealkylation sites (tertiary alicyclic amines) is 1. The molecule has 1 aromatic rings. The second-order valence-corrected chi connectivity index (χ2v) is 6.72. The fourth-order valence-corrected chi connectivity index (χ4v) is 4.26. The maximum absolute atomic E-state index is 12.9. The molecule has 2 saturated heterocycles. The summed E-state index contributed by atoms with van der Waals surface area (Å²) in [6, 6.07) is 4.12. The second kappa shape index (κ2) is 8.46. The average Bonchev–Trinajstić information content (AvgIpc) is 3.29. The zero-order valence-corrected chi connectivity index (χ0v) is 15.5. The summed E-state index contributed by atoms with van der Waals surface area (Å²) in [6.45, 7) is 11.9. The third kappa shape index (κ3) is 3.75. The van der Waals surface area contributed by atoms with Gasteiger partial charge in [-0.2, -0.15) is 0 Å². The molecule has 2 aliphatic heterocycles. The summed E-state index contributed by atoms with van der Waals surface area (Å²) in [5.41, 5.74) is 1.90. The van der Waals surface area contributed by atoms with Gasteiger partial charge >= 0.3 is 0 Å². The van der Waals surface area contributed by atoms with Crippen LogP contribution in [0.25, 0.3) is 5.57 Å². The van der Waals surface area contributed by atoms with Crippen molar-refractivity contribution < 1.29 is 4.79 Å². The van der Waals surface area contributed by atoms with E-state index in [9.17, 15) is 4.79 Å². The molecule has 3 rings (SSSR count). The van der Waals surface area contributed by atoms with Gasteiger partial charge in [0.25, 0.3) is 5.91 Å². The van der Waals surface area contributed by atoms with Gasteiger partial charge in [0.2, 0.25) is 0 Å². The maximum atomic E-state index is 12.9. The maximum Gasteiger partial charge on any atom is 0.254 e. The van der Waals surface area contributed by atoms with Gasteiger partial charge in [0.15, 0.2) is 0 Å². The van der Waals surface area contributed by atoms with Gasteiger partial charge in [-0.25, -0.2) is 0 Å². The van der Waals surface area contributed by atoms with Crippen LogP contribution in [0.15, 0.2) is 35.2 Å². The van der Waals surface area contributed by atoms with Crippen LogP contribution < -0.4 is 5.32 Å².